The number of rotatable bonds is 4. The van der Waals surface area contributed by atoms with E-state index in [1.807, 2.05) is 0 Å². The molecule has 1 rings (SSSR count). The summed E-state index contributed by atoms with van der Waals surface area (Å²) in [6.07, 6.45) is -5.45. The highest BCUT2D eigenvalue weighted by atomic mass is 79.9. The van der Waals surface area contributed by atoms with Crippen molar-refractivity contribution in [1.29, 1.82) is 0 Å². The highest BCUT2D eigenvalue weighted by Gasteiger charge is 2.26. The summed E-state index contributed by atoms with van der Waals surface area (Å²) in [6, 6.07) is 4.16. The van der Waals surface area contributed by atoms with E-state index in [0.29, 0.717) is 0 Å². The van der Waals surface area contributed by atoms with Crippen LogP contribution in [0.15, 0.2) is 22.7 Å². The molecule has 0 fully saturated rings. The van der Waals surface area contributed by atoms with Crippen molar-refractivity contribution in [3.63, 3.8) is 0 Å². The van der Waals surface area contributed by atoms with E-state index in [1.165, 1.54) is 18.2 Å². The normalized spacial score (nSPS) is 11.4. The lowest BCUT2D eigenvalue weighted by Gasteiger charge is -2.08. The Labute approximate surface area is 109 Å². The summed E-state index contributed by atoms with van der Waals surface area (Å²) in [5.41, 5.74) is -0.198. The maximum Gasteiger partial charge on any atom is 0.389 e. The lowest BCUT2D eigenvalue weighted by molar-refractivity contribution is -0.135. The Morgan fingerprint density at radius 2 is 2.00 bits per heavy atom. The number of amides is 1. The van der Waals surface area contributed by atoms with Gasteiger partial charge < -0.3 is 5.32 Å². The molecule has 0 heterocycles. The van der Waals surface area contributed by atoms with Crippen molar-refractivity contribution in [2.24, 2.45) is 0 Å². The third-order valence-corrected chi connectivity index (χ3v) is 2.73. The van der Waals surface area contributed by atoms with Crippen LogP contribution < -0.4 is 5.32 Å². The van der Waals surface area contributed by atoms with Crippen molar-refractivity contribution in [1.82, 2.24) is 5.32 Å². The van der Waals surface area contributed by atoms with Gasteiger partial charge in [-0.2, -0.15) is 13.2 Å². The molecule has 100 valence electrons. The topological polar surface area (TPSA) is 29.1 Å². The minimum Gasteiger partial charge on any atom is -0.352 e. The van der Waals surface area contributed by atoms with Crippen LogP contribution in [-0.4, -0.2) is 18.6 Å². The first-order chi connectivity index (χ1) is 8.31. The predicted octanol–water partition coefficient (Wildman–Crippen LogP) is 3.66. The lowest BCUT2D eigenvalue weighted by Crippen LogP contribution is -2.26. The SMILES string of the molecule is O=C(NCCCC(F)(F)F)c1cccc(Br)c1F. The van der Waals surface area contributed by atoms with Crippen molar-refractivity contribution >= 4 is 21.8 Å². The van der Waals surface area contributed by atoms with Gasteiger partial charge in [0.05, 0.1) is 10.0 Å². The number of alkyl halides is 3. The van der Waals surface area contributed by atoms with Gasteiger partial charge in [0.15, 0.2) is 0 Å². The molecule has 0 saturated carbocycles. The van der Waals surface area contributed by atoms with Gasteiger partial charge in [0, 0.05) is 13.0 Å². The second kappa shape index (κ2) is 6.17. The summed E-state index contributed by atoms with van der Waals surface area (Å²) in [7, 11) is 0. The molecule has 7 heteroatoms. The zero-order chi connectivity index (χ0) is 13.8. The van der Waals surface area contributed by atoms with E-state index in [4.69, 9.17) is 0 Å². The fraction of sp³-hybridized carbons (Fsp3) is 0.364. The number of carbonyl (C=O) groups excluding carboxylic acids is 1. The molecule has 0 atom stereocenters. The lowest BCUT2D eigenvalue weighted by atomic mass is 10.2. The average molecular weight is 328 g/mol. The van der Waals surface area contributed by atoms with E-state index in [1.54, 1.807) is 0 Å². The fourth-order valence-electron chi connectivity index (χ4n) is 1.27. The third-order valence-electron chi connectivity index (χ3n) is 2.12. The van der Waals surface area contributed by atoms with E-state index in [2.05, 4.69) is 21.2 Å². The Morgan fingerprint density at radius 1 is 1.33 bits per heavy atom. The molecule has 0 aliphatic carbocycles. The van der Waals surface area contributed by atoms with Gasteiger partial charge in [-0.25, -0.2) is 4.39 Å². The minimum atomic E-state index is -4.24. The van der Waals surface area contributed by atoms with Crippen LogP contribution in [0.3, 0.4) is 0 Å². The number of halogens is 5. The molecule has 0 unspecified atom stereocenters. The van der Waals surface area contributed by atoms with Crippen LogP contribution >= 0.6 is 15.9 Å². The molecule has 2 nitrogen and oxygen atoms in total. The first-order valence-electron chi connectivity index (χ1n) is 5.10. The fourth-order valence-corrected chi connectivity index (χ4v) is 1.63. The van der Waals surface area contributed by atoms with Crippen molar-refractivity contribution in [2.75, 3.05) is 6.54 Å². The summed E-state index contributed by atoms with van der Waals surface area (Å²) in [5, 5.41) is 2.24. The molecule has 1 amide bonds. The zero-order valence-corrected chi connectivity index (χ0v) is 10.7. The van der Waals surface area contributed by atoms with Crippen LogP contribution in [0.4, 0.5) is 17.6 Å². The Morgan fingerprint density at radius 3 is 2.61 bits per heavy atom. The number of nitrogens with one attached hydrogen (secondary N) is 1. The van der Waals surface area contributed by atoms with Gasteiger partial charge in [0.1, 0.15) is 5.82 Å². The molecular formula is C11H10BrF4NO. The standard InChI is InChI=1S/C11H10BrF4NO/c12-8-4-1-3-7(9(8)13)10(18)17-6-2-5-11(14,15)16/h1,3-4H,2,5-6H2,(H,17,18). The average Bonchev–Trinajstić information content (AvgIpc) is 2.26. The minimum absolute atomic E-state index is 0.130. The van der Waals surface area contributed by atoms with Gasteiger partial charge in [-0.3, -0.25) is 4.79 Å². The first-order valence-corrected chi connectivity index (χ1v) is 5.89. The molecule has 0 saturated heterocycles. The summed E-state index contributed by atoms with van der Waals surface area (Å²) < 4.78 is 49.1. The molecule has 0 spiro atoms. The Kier molecular flexibility index (Phi) is 5.13. The molecular weight excluding hydrogens is 318 g/mol. The predicted molar refractivity (Wildman–Crippen MR) is 61.7 cm³/mol. The molecule has 1 aromatic rings. The second-order valence-corrected chi connectivity index (χ2v) is 4.43. The van der Waals surface area contributed by atoms with Gasteiger partial charge in [0.2, 0.25) is 0 Å². The molecule has 0 aromatic heterocycles. The number of carbonyl (C=O) groups is 1. The molecule has 1 N–H and O–H groups in total. The molecule has 1 aromatic carbocycles. The number of hydrogen-bond donors (Lipinski definition) is 1. The van der Waals surface area contributed by atoms with Crippen LogP contribution in [0.25, 0.3) is 0 Å². The molecule has 0 aliphatic heterocycles. The largest absolute Gasteiger partial charge is 0.389 e. The van der Waals surface area contributed by atoms with Gasteiger partial charge in [-0.15, -0.1) is 0 Å². The summed E-state index contributed by atoms with van der Waals surface area (Å²) in [4.78, 5) is 11.5. The van der Waals surface area contributed by atoms with Gasteiger partial charge in [-0.05, 0) is 34.5 Å². The van der Waals surface area contributed by atoms with Crippen LogP contribution in [0, 0.1) is 5.82 Å². The van der Waals surface area contributed by atoms with E-state index < -0.39 is 24.3 Å². The highest BCUT2D eigenvalue weighted by Crippen LogP contribution is 2.21. The summed E-state index contributed by atoms with van der Waals surface area (Å²) in [5.74, 6) is -1.46. The van der Waals surface area contributed by atoms with E-state index in [-0.39, 0.29) is 23.0 Å². The van der Waals surface area contributed by atoms with Crippen molar-refractivity contribution < 1.29 is 22.4 Å². The third kappa shape index (κ3) is 4.64. The van der Waals surface area contributed by atoms with Gasteiger partial charge in [-0.1, -0.05) is 6.07 Å². The van der Waals surface area contributed by atoms with Crippen molar-refractivity contribution in [2.45, 2.75) is 19.0 Å². The zero-order valence-electron chi connectivity index (χ0n) is 9.15. The summed E-state index contributed by atoms with van der Waals surface area (Å²) in [6.45, 7) is -0.149. The number of benzene rings is 1. The highest BCUT2D eigenvalue weighted by molar-refractivity contribution is 9.10. The van der Waals surface area contributed by atoms with E-state index >= 15 is 0 Å². The van der Waals surface area contributed by atoms with E-state index in [0.717, 1.165) is 0 Å². The monoisotopic (exact) mass is 327 g/mol. The van der Waals surface area contributed by atoms with Gasteiger partial charge in [0.25, 0.3) is 5.91 Å². The van der Waals surface area contributed by atoms with Crippen LogP contribution in [0.2, 0.25) is 0 Å². The molecule has 18 heavy (non-hydrogen) atoms. The molecule has 0 aliphatic rings. The van der Waals surface area contributed by atoms with Crippen LogP contribution in [-0.2, 0) is 0 Å². The maximum atomic E-state index is 13.5. The quantitative estimate of drug-likeness (QED) is 0.663. The Hall–Kier alpha value is -1.11. The van der Waals surface area contributed by atoms with Crippen LogP contribution in [0.5, 0.6) is 0 Å². The van der Waals surface area contributed by atoms with Crippen LogP contribution in [0.1, 0.15) is 23.2 Å². The Bertz CT molecular complexity index is 434. The Balaban J connectivity index is 2.49. The van der Waals surface area contributed by atoms with Crippen molar-refractivity contribution in [3.8, 4) is 0 Å². The number of hydrogen-bond acceptors (Lipinski definition) is 1. The molecule has 0 radical (unpaired) electrons. The van der Waals surface area contributed by atoms with Crippen molar-refractivity contribution in [3.05, 3.63) is 34.1 Å². The molecule has 0 bridgehead atoms. The maximum absolute atomic E-state index is 13.5. The van der Waals surface area contributed by atoms with E-state index in [9.17, 15) is 22.4 Å². The van der Waals surface area contributed by atoms with Gasteiger partial charge >= 0.3 is 6.18 Å². The summed E-state index contributed by atoms with van der Waals surface area (Å²) >= 11 is 2.92. The smallest absolute Gasteiger partial charge is 0.352 e. The first kappa shape index (κ1) is 14.9. The second-order valence-electron chi connectivity index (χ2n) is 3.58.